The Bertz CT molecular complexity index is 3280. The molecule has 0 spiro atoms. The normalized spacial score (nSPS) is 14.8. The highest BCUT2D eigenvalue weighted by Crippen LogP contribution is 2.59. The lowest BCUT2D eigenvalue weighted by Gasteiger charge is -2.25. The molecule has 0 saturated heterocycles. The van der Waals surface area contributed by atoms with E-state index in [0.717, 1.165) is 0 Å². The van der Waals surface area contributed by atoms with Gasteiger partial charge in [0, 0.05) is 43.1 Å². The van der Waals surface area contributed by atoms with Crippen molar-refractivity contribution in [1.29, 1.82) is 0 Å². The first-order valence-corrected chi connectivity index (χ1v) is 20.6. The quantitative estimate of drug-likeness (QED) is 0.167. The molecule has 0 N–H and O–H groups in total. The molecule has 0 aliphatic heterocycles. The zero-order valence-electron chi connectivity index (χ0n) is 33.1. The highest BCUT2D eigenvalue weighted by Gasteiger charge is 2.44. The van der Waals surface area contributed by atoms with E-state index >= 15 is 0 Å². The summed E-state index contributed by atoms with van der Waals surface area (Å²) < 4.78 is 5.02. The highest BCUT2D eigenvalue weighted by atomic mass is 15.0. The maximum Gasteiger partial charge on any atom is 0.0546 e. The van der Waals surface area contributed by atoms with Crippen molar-refractivity contribution in [2.24, 2.45) is 0 Å². The fraction of sp³-hybridized carbons (Fsp3) is 0.107. The van der Waals surface area contributed by atoms with Gasteiger partial charge in [-0.25, -0.2) is 0 Å². The number of aromatic nitrogens is 2. The van der Waals surface area contributed by atoms with E-state index in [1.807, 2.05) is 0 Å². The van der Waals surface area contributed by atoms with Gasteiger partial charge in [0.25, 0.3) is 0 Å². The van der Waals surface area contributed by atoms with Crippen molar-refractivity contribution in [2.75, 3.05) is 0 Å². The number of hydrogen-bond donors (Lipinski definition) is 0. The van der Waals surface area contributed by atoms with Crippen molar-refractivity contribution in [2.45, 2.75) is 38.5 Å². The summed E-state index contributed by atoms with van der Waals surface area (Å²) in [5.74, 6) is 0. The second kappa shape index (κ2) is 10.9. The number of hydrogen-bond acceptors (Lipinski definition) is 0. The van der Waals surface area contributed by atoms with E-state index in [9.17, 15) is 0 Å². The molecule has 0 unspecified atom stereocenters. The van der Waals surface area contributed by atoms with Crippen LogP contribution in [0.5, 0.6) is 0 Å². The second-order valence-corrected chi connectivity index (χ2v) is 17.7. The minimum absolute atomic E-state index is 0.210. The number of nitrogens with zero attached hydrogens (tertiary/aromatic N) is 2. The van der Waals surface area contributed by atoms with E-state index in [2.05, 4.69) is 207 Å². The third kappa shape index (κ3) is 3.88. The Morgan fingerprint density at radius 1 is 0.293 bits per heavy atom. The summed E-state index contributed by atoms with van der Waals surface area (Å²) in [5, 5.41) is 10.4. The monoisotopic (exact) mass is 740 g/mol. The summed E-state index contributed by atoms with van der Waals surface area (Å²) in [4.78, 5) is 0. The third-order valence-corrected chi connectivity index (χ3v) is 14.0. The molecule has 9 aromatic carbocycles. The lowest BCUT2D eigenvalue weighted by Crippen LogP contribution is -2.17. The van der Waals surface area contributed by atoms with Crippen LogP contribution in [0.4, 0.5) is 0 Å². The third-order valence-electron chi connectivity index (χ3n) is 14.0. The Kier molecular flexibility index (Phi) is 6.07. The number of rotatable bonds is 2. The van der Waals surface area contributed by atoms with Gasteiger partial charge in [-0.05, 0) is 104 Å². The average Bonchev–Trinajstić information content (AvgIpc) is 3.91. The van der Waals surface area contributed by atoms with E-state index < -0.39 is 0 Å². The molecule has 2 aliphatic rings. The Labute approximate surface area is 337 Å². The summed E-state index contributed by atoms with van der Waals surface area (Å²) >= 11 is 0. The van der Waals surface area contributed by atoms with E-state index in [4.69, 9.17) is 0 Å². The van der Waals surface area contributed by atoms with Crippen LogP contribution in [0.25, 0.3) is 98.8 Å². The Hall–Kier alpha value is -6.90. The van der Waals surface area contributed by atoms with Crippen LogP contribution in [0.3, 0.4) is 0 Å². The fourth-order valence-electron chi connectivity index (χ4n) is 11.6. The second-order valence-electron chi connectivity index (χ2n) is 17.7. The Balaban J connectivity index is 1.10. The molecule has 2 aromatic heterocycles. The molecule has 0 saturated carbocycles. The minimum atomic E-state index is -0.210. The Morgan fingerprint density at radius 3 is 0.897 bits per heavy atom. The van der Waals surface area contributed by atoms with Crippen LogP contribution in [0.2, 0.25) is 0 Å². The standard InChI is InChI=1S/C56H40N2/c1-55(2)45-29-42-44-32-52(58-49-27-15-11-19-35(49)36-20-12-16-28-50(36)58)38-22-6-8-24-40(38)54(44)56(3,4)46(42)30-41(45)43-31-51(37-21-5-7-23-39(37)53(43)55)57-47-25-13-9-17-33(47)34-18-10-14-26-48(34)57/h5-32H,1-4H3. The summed E-state index contributed by atoms with van der Waals surface area (Å²) in [6.45, 7) is 9.78. The van der Waals surface area contributed by atoms with Crippen molar-refractivity contribution in [3.05, 3.63) is 192 Å². The van der Waals surface area contributed by atoms with Crippen LogP contribution in [-0.2, 0) is 10.8 Å². The van der Waals surface area contributed by atoms with Crippen molar-refractivity contribution in [3.63, 3.8) is 0 Å². The molecule has 58 heavy (non-hydrogen) atoms. The smallest absolute Gasteiger partial charge is 0.0546 e. The maximum atomic E-state index is 2.58. The van der Waals surface area contributed by atoms with Crippen LogP contribution >= 0.6 is 0 Å². The predicted molar refractivity (Wildman–Crippen MR) is 245 cm³/mol. The molecule has 0 atom stereocenters. The van der Waals surface area contributed by atoms with Crippen molar-refractivity contribution in [1.82, 2.24) is 9.13 Å². The lowest BCUT2D eigenvalue weighted by molar-refractivity contribution is 0.657. The zero-order valence-corrected chi connectivity index (χ0v) is 33.1. The molecule has 0 radical (unpaired) electrons. The van der Waals surface area contributed by atoms with Crippen LogP contribution < -0.4 is 0 Å². The van der Waals surface area contributed by atoms with Gasteiger partial charge in [0.05, 0.1) is 33.4 Å². The summed E-state index contributed by atoms with van der Waals surface area (Å²) in [6, 6.07) is 63.9. The largest absolute Gasteiger partial charge is 0.309 e. The van der Waals surface area contributed by atoms with Crippen LogP contribution in [-0.4, -0.2) is 9.13 Å². The van der Waals surface area contributed by atoms with Crippen LogP contribution in [0.1, 0.15) is 49.9 Å². The van der Waals surface area contributed by atoms with E-state index in [0.29, 0.717) is 0 Å². The molecule has 274 valence electrons. The van der Waals surface area contributed by atoms with Crippen LogP contribution in [0, 0.1) is 0 Å². The summed E-state index contributed by atoms with van der Waals surface area (Å²) in [5.41, 5.74) is 18.1. The fourth-order valence-corrected chi connectivity index (χ4v) is 11.6. The molecular weight excluding hydrogens is 701 g/mol. The number of benzene rings is 9. The predicted octanol–water partition coefficient (Wildman–Crippen LogP) is 14.8. The van der Waals surface area contributed by atoms with E-state index in [-0.39, 0.29) is 10.8 Å². The lowest BCUT2D eigenvalue weighted by atomic mass is 9.78. The van der Waals surface area contributed by atoms with Crippen molar-refractivity contribution < 1.29 is 0 Å². The van der Waals surface area contributed by atoms with Crippen molar-refractivity contribution >= 4 is 65.2 Å². The first-order chi connectivity index (χ1) is 28.3. The molecule has 13 rings (SSSR count). The Morgan fingerprint density at radius 2 is 0.569 bits per heavy atom. The molecule has 0 fully saturated rings. The van der Waals surface area contributed by atoms with Crippen LogP contribution in [0.15, 0.2) is 170 Å². The molecule has 11 aromatic rings. The summed E-state index contributed by atoms with van der Waals surface area (Å²) in [7, 11) is 0. The van der Waals surface area contributed by atoms with Gasteiger partial charge in [-0.3, -0.25) is 0 Å². The van der Waals surface area contributed by atoms with E-state index in [1.165, 1.54) is 121 Å². The maximum absolute atomic E-state index is 2.58. The zero-order chi connectivity index (χ0) is 38.7. The molecule has 0 amide bonds. The van der Waals surface area contributed by atoms with Gasteiger partial charge in [-0.2, -0.15) is 0 Å². The molecule has 2 heteroatoms. The molecule has 2 heterocycles. The van der Waals surface area contributed by atoms with Gasteiger partial charge in [-0.1, -0.05) is 149 Å². The van der Waals surface area contributed by atoms with E-state index in [1.54, 1.807) is 0 Å². The first-order valence-electron chi connectivity index (χ1n) is 20.6. The molecule has 0 bridgehead atoms. The van der Waals surface area contributed by atoms with Gasteiger partial charge in [0.1, 0.15) is 0 Å². The van der Waals surface area contributed by atoms with Gasteiger partial charge < -0.3 is 9.13 Å². The molecular formula is C56H40N2. The van der Waals surface area contributed by atoms with Gasteiger partial charge in [0.15, 0.2) is 0 Å². The first kappa shape index (κ1) is 32.2. The molecule has 2 nitrogen and oxygen atoms in total. The van der Waals surface area contributed by atoms with Gasteiger partial charge >= 0.3 is 0 Å². The van der Waals surface area contributed by atoms with Crippen molar-refractivity contribution in [3.8, 4) is 33.6 Å². The molecule has 2 aliphatic carbocycles. The highest BCUT2D eigenvalue weighted by molar-refractivity contribution is 6.14. The number of fused-ring (bicyclic) bond motifs is 16. The topological polar surface area (TPSA) is 9.86 Å². The SMILES string of the molecule is CC1(C)c2cc3c(cc2-c2cc(-n4c5ccccc5c5ccccc54)c4ccccc4c21)C(C)(C)c1c-3cc(-n2c3ccccc3c3ccccc32)c2ccccc12. The average molecular weight is 741 g/mol. The van der Waals surface area contributed by atoms with Gasteiger partial charge in [-0.15, -0.1) is 0 Å². The summed E-state index contributed by atoms with van der Waals surface area (Å²) in [6.07, 6.45) is 0. The number of para-hydroxylation sites is 4. The van der Waals surface area contributed by atoms with Gasteiger partial charge in [0.2, 0.25) is 0 Å². The minimum Gasteiger partial charge on any atom is -0.309 e.